The van der Waals surface area contributed by atoms with Crippen LogP contribution in [-0.2, 0) is 9.53 Å². The zero-order chi connectivity index (χ0) is 17.0. The number of likely N-dealkylation sites (tertiary alicyclic amines) is 1. The molecular formula is C17H32N4O2. The number of likely N-dealkylation sites (N-methyl/N-ethyl adjacent to an activating group) is 1. The molecule has 2 rings (SSSR count). The minimum atomic E-state index is -0.111. The molecule has 1 N–H and O–H groups in total. The molecule has 1 aliphatic heterocycles. The molecule has 1 saturated heterocycles. The molecule has 0 bridgehead atoms. The van der Waals surface area contributed by atoms with E-state index < -0.39 is 0 Å². The first kappa shape index (κ1) is 18.0. The normalized spacial score (nSPS) is 26.5. The summed E-state index contributed by atoms with van der Waals surface area (Å²) < 4.78 is 4.93. The van der Waals surface area contributed by atoms with Crippen molar-refractivity contribution in [2.75, 3.05) is 47.4 Å². The molecule has 6 heteroatoms. The molecular weight excluding hydrogens is 292 g/mol. The predicted octanol–water partition coefficient (Wildman–Crippen LogP) is 1.03. The number of carbonyl (C=O) groups is 1. The number of aliphatic imine (C=N–C) groups is 1. The van der Waals surface area contributed by atoms with Crippen LogP contribution in [0.15, 0.2) is 4.99 Å². The number of ether oxygens (including phenoxy) is 1. The molecule has 0 spiro atoms. The fraction of sp³-hybridized carbons (Fsp3) is 0.882. The number of hydrogen-bond acceptors (Lipinski definition) is 4. The smallest absolute Gasteiger partial charge is 0.310 e. The van der Waals surface area contributed by atoms with E-state index in [9.17, 15) is 4.79 Å². The average Bonchev–Trinajstić information content (AvgIpc) is 3.27. The molecule has 3 atom stereocenters. The fourth-order valence-electron chi connectivity index (χ4n) is 3.42. The van der Waals surface area contributed by atoms with Crippen LogP contribution in [-0.4, -0.2) is 75.2 Å². The van der Waals surface area contributed by atoms with Crippen LogP contribution in [0, 0.1) is 17.8 Å². The number of nitrogens with one attached hydrogen (secondary N) is 1. The lowest BCUT2D eigenvalue weighted by atomic mass is 9.99. The van der Waals surface area contributed by atoms with Crippen LogP contribution < -0.4 is 5.32 Å². The Morgan fingerprint density at radius 2 is 2.09 bits per heavy atom. The maximum Gasteiger partial charge on any atom is 0.310 e. The van der Waals surface area contributed by atoms with E-state index in [1.54, 1.807) is 0 Å². The van der Waals surface area contributed by atoms with E-state index >= 15 is 0 Å². The molecule has 0 radical (unpaired) electrons. The molecule has 0 amide bonds. The predicted molar refractivity (Wildman–Crippen MR) is 92.4 cm³/mol. The highest BCUT2D eigenvalue weighted by molar-refractivity contribution is 5.82. The third-order valence-corrected chi connectivity index (χ3v) is 5.01. The van der Waals surface area contributed by atoms with Crippen LogP contribution in [0.5, 0.6) is 0 Å². The third kappa shape index (κ3) is 4.59. The maximum atomic E-state index is 11.9. The van der Waals surface area contributed by atoms with Crippen molar-refractivity contribution in [3.05, 3.63) is 0 Å². The van der Waals surface area contributed by atoms with Crippen LogP contribution >= 0.6 is 0 Å². The van der Waals surface area contributed by atoms with E-state index in [2.05, 4.69) is 43.1 Å². The van der Waals surface area contributed by atoms with Crippen molar-refractivity contribution < 1.29 is 9.53 Å². The highest BCUT2D eigenvalue weighted by Gasteiger charge is 2.37. The second kappa shape index (κ2) is 7.99. The first-order valence-corrected chi connectivity index (χ1v) is 8.75. The van der Waals surface area contributed by atoms with E-state index in [0.29, 0.717) is 18.5 Å². The molecule has 23 heavy (non-hydrogen) atoms. The lowest BCUT2D eigenvalue weighted by Gasteiger charge is -2.25. The molecule has 1 aliphatic carbocycles. The number of esters is 1. The molecule has 0 aromatic carbocycles. The summed E-state index contributed by atoms with van der Waals surface area (Å²) in [7, 11) is 5.74. The Hall–Kier alpha value is -1.30. The van der Waals surface area contributed by atoms with Crippen LogP contribution in [0.1, 0.15) is 26.7 Å². The largest absolute Gasteiger partial charge is 0.469 e. The van der Waals surface area contributed by atoms with Gasteiger partial charge in [-0.3, -0.25) is 9.79 Å². The standard InChI is InChI=1S/C17H32N4O2/c1-6-18-17(19-9-15(20(3)4)13-7-8-13)21-10-12(2)14(11-21)16(22)23-5/h12-15H,6-11H2,1-5H3,(H,18,19). The molecule has 1 heterocycles. The highest BCUT2D eigenvalue weighted by atomic mass is 16.5. The minimum absolute atomic E-state index is 0.0584. The minimum Gasteiger partial charge on any atom is -0.469 e. The van der Waals surface area contributed by atoms with Gasteiger partial charge >= 0.3 is 5.97 Å². The van der Waals surface area contributed by atoms with Gasteiger partial charge in [0.05, 0.1) is 19.6 Å². The number of methoxy groups -OCH3 is 1. The number of carbonyl (C=O) groups excluding carboxylic acids is 1. The molecule has 0 aromatic heterocycles. The molecule has 0 aromatic rings. The number of guanidine groups is 1. The second-order valence-corrected chi connectivity index (χ2v) is 7.07. The van der Waals surface area contributed by atoms with E-state index in [1.807, 2.05) is 0 Å². The monoisotopic (exact) mass is 324 g/mol. The van der Waals surface area contributed by atoms with Gasteiger partial charge in [-0.1, -0.05) is 6.92 Å². The van der Waals surface area contributed by atoms with Crippen molar-refractivity contribution in [2.24, 2.45) is 22.7 Å². The summed E-state index contributed by atoms with van der Waals surface area (Å²) in [6, 6.07) is 0.514. The summed E-state index contributed by atoms with van der Waals surface area (Å²) in [6.45, 7) is 7.38. The molecule has 3 unspecified atom stereocenters. The fourth-order valence-corrected chi connectivity index (χ4v) is 3.42. The first-order chi connectivity index (χ1) is 11.0. The van der Waals surface area contributed by atoms with Gasteiger partial charge < -0.3 is 19.9 Å². The Kier molecular flexibility index (Phi) is 6.27. The second-order valence-electron chi connectivity index (χ2n) is 7.07. The zero-order valence-electron chi connectivity index (χ0n) is 15.2. The van der Waals surface area contributed by atoms with Gasteiger partial charge in [-0.05, 0) is 45.7 Å². The van der Waals surface area contributed by atoms with Gasteiger partial charge in [0, 0.05) is 25.7 Å². The molecule has 2 fully saturated rings. The summed E-state index contributed by atoms with van der Waals surface area (Å²) >= 11 is 0. The highest BCUT2D eigenvalue weighted by Crippen LogP contribution is 2.34. The van der Waals surface area contributed by atoms with Crippen molar-refractivity contribution in [3.63, 3.8) is 0 Å². The van der Waals surface area contributed by atoms with E-state index in [0.717, 1.165) is 31.5 Å². The quantitative estimate of drug-likeness (QED) is 0.449. The van der Waals surface area contributed by atoms with E-state index in [4.69, 9.17) is 9.73 Å². The van der Waals surface area contributed by atoms with Crippen molar-refractivity contribution in [3.8, 4) is 0 Å². The van der Waals surface area contributed by atoms with Gasteiger partial charge in [0.15, 0.2) is 5.96 Å². The summed E-state index contributed by atoms with van der Waals surface area (Å²) in [6.07, 6.45) is 2.64. The SMILES string of the molecule is CCNC(=NCC(C1CC1)N(C)C)N1CC(C)C(C(=O)OC)C1. The summed E-state index contributed by atoms with van der Waals surface area (Å²) in [5, 5.41) is 3.38. The van der Waals surface area contributed by atoms with Crippen molar-refractivity contribution in [1.82, 2.24) is 15.1 Å². The topological polar surface area (TPSA) is 57.2 Å². The lowest BCUT2D eigenvalue weighted by molar-refractivity contribution is -0.145. The number of hydrogen-bond donors (Lipinski definition) is 1. The zero-order valence-corrected chi connectivity index (χ0v) is 15.2. The van der Waals surface area contributed by atoms with E-state index in [-0.39, 0.29) is 11.9 Å². The van der Waals surface area contributed by atoms with Crippen LogP contribution in [0.2, 0.25) is 0 Å². The van der Waals surface area contributed by atoms with Crippen LogP contribution in [0.25, 0.3) is 0 Å². The number of rotatable bonds is 6. The Labute approximate surface area is 140 Å². The van der Waals surface area contributed by atoms with Gasteiger partial charge in [0.1, 0.15) is 0 Å². The molecule has 2 aliphatic rings. The van der Waals surface area contributed by atoms with Gasteiger partial charge in [-0.25, -0.2) is 0 Å². The first-order valence-electron chi connectivity index (χ1n) is 8.75. The van der Waals surface area contributed by atoms with Gasteiger partial charge in [-0.15, -0.1) is 0 Å². The number of nitrogens with zero attached hydrogens (tertiary/aromatic N) is 3. The Bertz CT molecular complexity index is 432. The Balaban J connectivity index is 2.02. The molecule has 6 nitrogen and oxygen atoms in total. The third-order valence-electron chi connectivity index (χ3n) is 5.01. The summed E-state index contributed by atoms with van der Waals surface area (Å²) in [5.41, 5.74) is 0. The van der Waals surface area contributed by atoms with Gasteiger partial charge in [0.2, 0.25) is 0 Å². The Morgan fingerprint density at radius 3 is 2.61 bits per heavy atom. The molecule has 132 valence electrons. The lowest BCUT2D eigenvalue weighted by Crippen LogP contribution is -2.42. The summed E-state index contributed by atoms with van der Waals surface area (Å²) in [5.74, 6) is 1.84. The van der Waals surface area contributed by atoms with Crippen LogP contribution in [0.3, 0.4) is 0 Å². The van der Waals surface area contributed by atoms with E-state index in [1.165, 1.54) is 20.0 Å². The van der Waals surface area contributed by atoms with Crippen LogP contribution in [0.4, 0.5) is 0 Å². The maximum absolute atomic E-state index is 11.9. The van der Waals surface area contributed by atoms with Crippen molar-refractivity contribution in [1.29, 1.82) is 0 Å². The van der Waals surface area contributed by atoms with Gasteiger partial charge in [0.25, 0.3) is 0 Å². The molecule has 1 saturated carbocycles. The van der Waals surface area contributed by atoms with Crippen molar-refractivity contribution >= 4 is 11.9 Å². The summed E-state index contributed by atoms with van der Waals surface area (Å²) in [4.78, 5) is 21.2. The average molecular weight is 324 g/mol. The van der Waals surface area contributed by atoms with Gasteiger partial charge in [-0.2, -0.15) is 0 Å². The van der Waals surface area contributed by atoms with Crippen molar-refractivity contribution in [2.45, 2.75) is 32.7 Å². The Morgan fingerprint density at radius 1 is 1.39 bits per heavy atom.